The van der Waals surface area contributed by atoms with Gasteiger partial charge in [0.1, 0.15) is 11.9 Å². The maximum Gasteiger partial charge on any atom is 0.247 e. The van der Waals surface area contributed by atoms with E-state index in [-0.39, 0.29) is 11.9 Å². The predicted molar refractivity (Wildman–Crippen MR) is 117 cm³/mol. The highest BCUT2D eigenvalue weighted by atomic mass is 19.1. The molecule has 0 bridgehead atoms. The highest BCUT2D eigenvalue weighted by molar-refractivity contribution is 5.97. The summed E-state index contributed by atoms with van der Waals surface area (Å²) in [5.74, 6) is 1.43. The van der Waals surface area contributed by atoms with Crippen LogP contribution in [0.1, 0.15) is 31.2 Å². The average molecular weight is 417 g/mol. The van der Waals surface area contributed by atoms with Crippen molar-refractivity contribution in [2.24, 2.45) is 5.92 Å². The first kappa shape index (κ1) is 19.6. The van der Waals surface area contributed by atoms with Gasteiger partial charge in [-0.3, -0.25) is 4.79 Å². The molecule has 6 nitrogen and oxygen atoms in total. The van der Waals surface area contributed by atoms with E-state index in [0.29, 0.717) is 23.5 Å². The van der Waals surface area contributed by atoms with Crippen molar-refractivity contribution in [3.8, 4) is 11.4 Å². The molecule has 158 valence electrons. The smallest absolute Gasteiger partial charge is 0.247 e. The summed E-state index contributed by atoms with van der Waals surface area (Å²) in [5.41, 5.74) is 2.39. The lowest BCUT2D eigenvalue weighted by Crippen LogP contribution is -2.44. The Balaban J connectivity index is 1.39. The SMILES string of the molecule is Cc1ccc(NC(=O)[C@@H]2CC[C@@H](C3CC3)N2c2ccccn2)cc1-c1ncc(F)cn1. The average Bonchev–Trinajstić information content (AvgIpc) is 3.54. The lowest BCUT2D eigenvalue weighted by atomic mass is 10.1. The summed E-state index contributed by atoms with van der Waals surface area (Å²) in [5, 5.41) is 3.07. The second kappa shape index (κ2) is 8.06. The summed E-state index contributed by atoms with van der Waals surface area (Å²) in [6, 6.07) is 11.6. The molecule has 1 aliphatic carbocycles. The molecule has 1 N–H and O–H groups in total. The summed E-state index contributed by atoms with van der Waals surface area (Å²) in [6.07, 6.45) is 8.33. The van der Waals surface area contributed by atoms with Crippen LogP contribution in [-0.2, 0) is 4.79 Å². The molecule has 1 saturated heterocycles. The third kappa shape index (κ3) is 4.00. The van der Waals surface area contributed by atoms with Crippen LogP contribution >= 0.6 is 0 Å². The van der Waals surface area contributed by atoms with Gasteiger partial charge in [0, 0.05) is 23.5 Å². The molecular weight excluding hydrogens is 393 g/mol. The number of halogens is 1. The van der Waals surface area contributed by atoms with E-state index < -0.39 is 5.82 Å². The number of hydrogen-bond acceptors (Lipinski definition) is 5. The lowest BCUT2D eigenvalue weighted by molar-refractivity contribution is -0.117. The number of pyridine rings is 1. The van der Waals surface area contributed by atoms with Crippen LogP contribution < -0.4 is 10.2 Å². The molecule has 3 aromatic rings. The highest BCUT2D eigenvalue weighted by Crippen LogP contribution is 2.43. The topological polar surface area (TPSA) is 71.0 Å². The van der Waals surface area contributed by atoms with Gasteiger partial charge < -0.3 is 10.2 Å². The Bertz CT molecular complexity index is 1080. The van der Waals surface area contributed by atoms with Crippen LogP contribution in [0.4, 0.5) is 15.9 Å². The van der Waals surface area contributed by atoms with Crippen LogP contribution in [0.2, 0.25) is 0 Å². The Labute approximate surface area is 180 Å². The Morgan fingerprint density at radius 3 is 2.58 bits per heavy atom. The number of nitrogens with zero attached hydrogens (tertiary/aromatic N) is 4. The number of aryl methyl sites for hydroxylation is 1. The summed E-state index contributed by atoms with van der Waals surface area (Å²) in [7, 11) is 0. The largest absolute Gasteiger partial charge is 0.341 e. The number of carbonyl (C=O) groups is 1. The quantitative estimate of drug-likeness (QED) is 0.667. The zero-order valence-electron chi connectivity index (χ0n) is 17.3. The maximum atomic E-state index is 13.3. The number of rotatable bonds is 5. The normalized spacial score (nSPS) is 20.6. The van der Waals surface area contributed by atoms with Crippen molar-refractivity contribution in [3.63, 3.8) is 0 Å². The first-order valence-corrected chi connectivity index (χ1v) is 10.7. The van der Waals surface area contributed by atoms with Crippen molar-refractivity contribution in [2.75, 3.05) is 10.2 Å². The summed E-state index contributed by atoms with van der Waals surface area (Å²) >= 11 is 0. The molecular formula is C24H24FN5O. The van der Waals surface area contributed by atoms with E-state index in [0.717, 1.165) is 42.2 Å². The molecule has 2 aromatic heterocycles. The fraction of sp³-hybridized carbons (Fsp3) is 0.333. The first-order chi connectivity index (χ1) is 15.1. The molecule has 1 aliphatic heterocycles. The number of carbonyl (C=O) groups excluding carboxylic acids is 1. The van der Waals surface area contributed by atoms with E-state index in [1.807, 2.05) is 43.3 Å². The molecule has 5 rings (SSSR count). The zero-order valence-corrected chi connectivity index (χ0v) is 17.3. The Morgan fingerprint density at radius 1 is 1.06 bits per heavy atom. The zero-order chi connectivity index (χ0) is 21.4. The molecule has 0 spiro atoms. The summed E-state index contributed by atoms with van der Waals surface area (Å²) in [6.45, 7) is 1.94. The van der Waals surface area contributed by atoms with Gasteiger partial charge in [0.15, 0.2) is 11.6 Å². The fourth-order valence-corrected chi connectivity index (χ4v) is 4.49. The molecule has 1 saturated carbocycles. The van der Waals surface area contributed by atoms with Crippen molar-refractivity contribution >= 4 is 17.4 Å². The predicted octanol–water partition coefficient (Wildman–Crippen LogP) is 4.37. The molecule has 2 atom stereocenters. The second-order valence-corrected chi connectivity index (χ2v) is 8.34. The summed E-state index contributed by atoms with van der Waals surface area (Å²) in [4.78, 5) is 28.2. The molecule has 2 aliphatic rings. The third-order valence-corrected chi connectivity index (χ3v) is 6.18. The summed E-state index contributed by atoms with van der Waals surface area (Å²) < 4.78 is 13.2. The van der Waals surface area contributed by atoms with Gasteiger partial charge in [-0.1, -0.05) is 12.1 Å². The monoisotopic (exact) mass is 417 g/mol. The third-order valence-electron chi connectivity index (χ3n) is 6.18. The van der Waals surface area contributed by atoms with Gasteiger partial charge in [0.25, 0.3) is 0 Å². The standard InChI is InChI=1S/C24H24FN5O/c1-15-5-8-18(12-19(15)23-27-13-17(25)14-28-23)29-24(31)21-10-9-20(16-6-7-16)30(21)22-4-2-3-11-26-22/h2-5,8,11-14,16,20-21H,6-7,9-10H2,1H3,(H,29,31)/t20-,21-/m0/s1. The van der Waals surface area contributed by atoms with Crippen LogP contribution in [0.3, 0.4) is 0 Å². The van der Waals surface area contributed by atoms with Gasteiger partial charge in [-0.25, -0.2) is 19.3 Å². The second-order valence-electron chi connectivity index (χ2n) is 8.34. The number of benzene rings is 1. The molecule has 1 aromatic carbocycles. The van der Waals surface area contributed by atoms with Crippen molar-refractivity contribution in [1.29, 1.82) is 0 Å². The van der Waals surface area contributed by atoms with Crippen LogP contribution in [0.5, 0.6) is 0 Å². The van der Waals surface area contributed by atoms with E-state index in [9.17, 15) is 9.18 Å². The minimum atomic E-state index is -0.480. The molecule has 7 heteroatoms. The fourth-order valence-electron chi connectivity index (χ4n) is 4.49. The molecule has 0 unspecified atom stereocenters. The maximum absolute atomic E-state index is 13.3. The number of hydrogen-bond donors (Lipinski definition) is 1. The van der Waals surface area contributed by atoms with Crippen LogP contribution in [0, 0.1) is 18.7 Å². The van der Waals surface area contributed by atoms with Gasteiger partial charge in [-0.2, -0.15) is 0 Å². The van der Waals surface area contributed by atoms with Crippen molar-refractivity contribution < 1.29 is 9.18 Å². The van der Waals surface area contributed by atoms with E-state index in [1.54, 1.807) is 6.20 Å². The van der Waals surface area contributed by atoms with Crippen molar-refractivity contribution in [1.82, 2.24) is 15.0 Å². The first-order valence-electron chi connectivity index (χ1n) is 10.7. The number of anilines is 2. The van der Waals surface area contributed by atoms with Gasteiger partial charge in [0.2, 0.25) is 5.91 Å². The minimum absolute atomic E-state index is 0.0383. The van der Waals surface area contributed by atoms with E-state index in [2.05, 4.69) is 25.2 Å². The minimum Gasteiger partial charge on any atom is -0.341 e. The number of amides is 1. The molecule has 2 fully saturated rings. The van der Waals surface area contributed by atoms with Crippen molar-refractivity contribution in [2.45, 2.75) is 44.7 Å². The molecule has 31 heavy (non-hydrogen) atoms. The Hall–Kier alpha value is -3.35. The van der Waals surface area contributed by atoms with E-state index in [1.165, 1.54) is 12.8 Å². The van der Waals surface area contributed by atoms with Gasteiger partial charge >= 0.3 is 0 Å². The number of aromatic nitrogens is 3. The van der Waals surface area contributed by atoms with Crippen LogP contribution in [0.25, 0.3) is 11.4 Å². The molecule has 3 heterocycles. The molecule has 1 amide bonds. The van der Waals surface area contributed by atoms with Gasteiger partial charge in [-0.05, 0) is 68.4 Å². The van der Waals surface area contributed by atoms with Crippen LogP contribution in [-0.4, -0.2) is 32.9 Å². The van der Waals surface area contributed by atoms with Gasteiger partial charge in [0.05, 0.1) is 12.4 Å². The van der Waals surface area contributed by atoms with Crippen molar-refractivity contribution in [3.05, 3.63) is 66.4 Å². The van der Waals surface area contributed by atoms with Gasteiger partial charge in [-0.15, -0.1) is 0 Å². The Kier molecular flexibility index (Phi) is 5.10. The highest BCUT2D eigenvalue weighted by Gasteiger charge is 2.45. The molecule has 0 radical (unpaired) electrons. The lowest BCUT2D eigenvalue weighted by Gasteiger charge is -2.31. The Morgan fingerprint density at radius 2 is 1.87 bits per heavy atom. The van der Waals surface area contributed by atoms with E-state index in [4.69, 9.17) is 0 Å². The number of nitrogens with one attached hydrogen (secondary N) is 1. The van der Waals surface area contributed by atoms with Crippen LogP contribution in [0.15, 0.2) is 55.0 Å². The van der Waals surface area contributed by atoms with E-state index >= 15 is 0 Å².